The first-order valence-electron chi connectivity index (χ1n) is 9.21. The average Bonchev–Trinajstić information content (AvgIpc) is 3.04. The van der Waals surface area contributed by atoms with Gasteiger partial charge in [-0.15, -0.1) is 0 Å². The number of nitrogens with zero attached hydrogens (tertiary/aromatic N) is 3. The molecule has 6 nitrogen and oxygen atoms in total. The van der Waals surface area contributed by atoms with Crippen molar-refractivity contribution in [2.75, 3.05) is 26.2 Å². The van der Waals surface area contributed by atoms with Crippen molar-refractivity contribution in [1.82, 2.24) is 9.21 Å². The molecule has 0 atom stereocenters. The maximum Gasteiger partial charge on any atom is 0.243 e. The third kappa shape index (κ3) is 4.52. The number of benzene rings is 1. The van der Waals surface area contributed by atoms with Crippen LogP contribution in [0.15, 0.2) is 34.2 Å². The first-order chi connectivity index (χ1) is 12.1. The topological polar surface area (TPSA) is 79.0 Å². The monoisotopic (exact) mass is 364 g/mol. The van der Waals surface area contributed by atoms with Crippen LogP contribution in [-0.4, -0.2) is 49.8 Å². The minimum Gasteiger partial charge on any atom is -0.370 e. The SMILES string of the molecule is NC(=NCc1ccc(S(=O)(=O)N2CCCC2)cc1)N1CCCCCC1. The van der Waals surface area contributed by atoms with Crippen LogP contribution in [0.3, 0.4) is 0 Å². The highest BCUT2D eigenvalue weighted by molar-refractivity contribution is 7.89. The number of likely N-dealkylation sites (tertiary alicyclic amines) is 1. The Balaban J connectivity index is 1.63. The van der Waals surface area contributed by atoms with Gasteiger partial charge in [-0.25, -0.2) is 13.4 Å². The highest BCUT2D eigenvalue weighted by Gasteiger charge is 2.26. The molecule has 0 amide bonds. The van der Waals surface area contributed by atoms with Crippen LogP contribution in [0.4, 0.5) is 0 Å². The summed E-state index contributed by atoms with van der Waals surface area (Å²) in [5.74, 6) is 0.593. The molecule has 2 heterocycles. The van der Waals surface area contributed by atoms with Crippen LogP contribution >= 0.6 is 0 Å². The summed E-state index contributed by atoms with van der Waals surface area (Å²) < 4.78 is 26.6. The molecule has 2 fully saturated rings. The molecular formula is C18H28N4O2S. The Labute approximate surface area is 150 Å². The van der Waals surface area contributed by atoms with E-state index in [9.17, 15) is 8.42 Å². The Hall–Kier alpha value is -1.60. The highest BCUT2D eigenvalue weighted by Crippen LogP contribution is 2.21. The minimum atomic E-state index is -3.34. The third-order valence-electron chi connectivity index (χ3n) is 4.98. The molecule has 7 heteroatoms. The van der Waals surface area contributed by atoms with E-state index in [0.29, 0.717) is 30.5 Å². The number of rotatable bonds is 4. The Morgan fingerprint density at radius 3 is 2.08 bits per heavy atom. The van der Waals surface area contributed by atoms with Crippen molar-refractivity contribution < 1.29 is 8.42 Å². The second-order valence-electron chi connectivity index (χ2n) is 6.83. The standard InChI is InChI=1S/C18H28N4O2S/c19-18(21-11-3-1-2-4-12-21)20-15-16-7-9-17(10-8-16)25(23,24)22-13-5-6-14-22/h7-10H,1-6,11-15H2,(H2,19,20). The van der Waals surface area contributed by atoms with Gasteiger partial charge in [0.05, 0.1) is 11.4 Å². The number of sulfonamides is 1. The van der Waals surface area contributed by atoms with Crippen molar-refractivity contribution in [1.29, 1.82) is 0 Å². The Kier molecular flexibility index (Phi) is 5.96. The van der Waals surface area contributed by atoms with Gasteiger partial charge in [-0.2, -0.15) is 4.31 Å². The molecule has 0 bridgehead atoms. The molecule has 138 valence electrons. The van der Waals surface area contributed by atoms with Crippen LogP contribution in [0, 0.1) is 0 Å². The second kappa shape index (κ2) is 8.19. The van der Waals surface area contributed by atoms with Crippen molar-refractivity contribution in [2.45, 2.75) is 50.0 Å². The first-order valence-corrected chi connectivity index (χ1v) is 10.7. The number of guanidine groups is 1. The van der Waals surface area contributed by atoms with E-state index in [1.807, 2.05) is 12.1 Å². The van der Waals surface area contributed by atoms with E-state index in [1.165, 1.54) is 25.7 Å². The number of aliphatic imine (C=N–C) groups is 1. The van der Waals surface area contributed by atoms with Crippen molar-refractivity contribution >= 4 is 16.0 Å². The smallest absolute Gasteiger partial charge is 0.243 e. The minimum absolute atomic E-state index is 0.364. The van der Waals surface area contributed by atoms with Crippen molar-refractivity contribution in [3.63, 3.8) is 0 Å². The molecule has 1 aromatic carbocycles. The molecule has 0 radical (unpaired) electrons. The number of hydrogen-bond acceptors (Lipinski definition) is 3. The molecule has 25 heavy (non-hydrogen) atoms. The molecule has 0 spiro atoms. The fourth-order valence-corrected chi connectivity index (χ4v) is 4.93. The first kappa shape index (κ1) is 18.2. The van der Waals surface area contributed by atoms with Gasteiger partial charge in [0.2, 0.25) is 10.0 Å². The largest absolute Gasteiger partial charge is 0.370 e. The molecular weight excluding hydrogens is 336 g/mol. The highest BCUT2D eigenvalue weighted by atomic mass is 32.2. The van der Waals surface area contributed by atoms with Gasteiger partial charge in [-0.05, 0) is 43.4 Å². The zero-order valence-corrected chi connectivity index (χ0v) is 15.5. The van der Waals surface area contributed by atoms with Crippen molar-refractivity contribution in [2.24, 2.45) is 10.7 Å². The molecule has 2 saturated heterocycles. The molecule has 3 rings (SSSR count). The summed E-state index contributed by atoms with van der Waals surface area (Å²) in [7, 11) is -3.34. The van der Waals surface area contributed by atoms with Gasteiger partial charge in [0.1, 0.15) is 0 Å². The van der Waals surface area contributed by atoms with E-state index in [4.69, 9.17) is 5.73 Å². The summed E-state index contributed by atoms with van der Waals surface area (Å²) in [6, 6.07) is 7.03. The van der Waals surface area contributed by atoms with E-state index in [1.54, 1.807) is 16.4 Å². The van der Waals surface area contributed by atoms with Crippen LogP contribution in [0.1, 0.15) is 44.1 Å². The van der Waals surface area contributed by atoms with Crippen LogP contribution in [-0.2, 0) is 16.6 Å². The van der Waals surface area contributed by atoms with E-state index < -0.39 is 10.0 Å². The maximum atomic E-state index is 12.5. The van der Waals surface area contributed by atoms with E-state index in [2.05, 4.69) is 9.89 Å². The Morgan fingerprint density at radius 2 is 1.48 bits per heavy atom. The lowest BCUT2D eigenvalue weighted by atomic mass is 10.2. The molecule has 0 saturated carbocycles. The lowest BCUT2D eigenvalue weighted by Gasteiger charge is -2.21. The molecule has 1 aromatic rings. The van der Waals surface area contributed by atoms with Crippen LogP contribution < -0.4 is 5.73 Å². The normalized spacial score (nSPS) is 20.6. The van der Waals surface area contributed by atoms with Gasteiger partial charge in [-0.1, -0.05) is 25.0 Å². The predicted octanol–water partition coefficient (Wildman–Crippen LogP) is 2.16. The zero-order valence-electron chi connectivity index (χ0n) is 14.7. The summed E-state index contributed by atoms with van der Waals surface area (Å²) >= 11 is 0. The lowest BCUT2D eigenvalue weighted by Crippen LogP contribution is -2.38. The fourth-order valence-electron chi connectivity index (χ4n) is 3.42. The van der Waals surface area contributed by atoms with Crippen molar-refractivity contribution in [3.05, 3.63) is 29.8 Å². The number of hydrogen-bond donors (Lipinski definition) is 1. The Morgan fingerprint density at radius 1 is 0.920 bits per heavy atom. The van der Waals surface area contributed by atoms with Crippen LogP contribution in [0.2, 0.25) is 0 Å². The summed E-state index contributed by atoms with van der Waals surface area (Å²) in [5, 5.41) is 0. The molecule has 2 aliphatic rings. The van der Waals surface area contributed by atoms with Gasteiger partial charge in [-0.3, -0.25) is 0 Å². The van der Waals surface area contributed by atoms with Gasteiger partial charge in [0.15, 0.2) is 5.96 Å². The maximum absolute atomic E-state index is 12.5. The zero-order chi connectivity index (χ0) is 17.7. The molecule has 0 aromatic heterocycles. The van der Waals surface area contributed by atoms with E-state index in [0.717, 1.165) is 31.5 Å². The van der Waals surface area contributed by atoms with Gasteiger partial charge < -0.3 is 10.6 Å². The second-order valence-corrected chi connectivity index (χ2v) is 8.77. The average molecular weight is 365 g/mol. The van der Waals surface area contributed by atoms with E-state index in [-0.39, 0.29) is 0 Å². The van der Waals surface area contributed by atoms with E-state index >= 15 is 0 Å². The summed E-state index contributed by atoms with van der Waals surface area (Å²) in [4.78, 5) is 7.01. The lowest BCUT2D eigenvalue weighted by molar-refractivity contribution is 0.428. The van der Waals surface area contributed by atoms with Gasteiger partial charge in [0, 0.05) is 26.2 Å². The molecule has 0 aliphatic carbocycles. The van der Waals surface area contributed by atoms with Gasteiger partial charge in [0.25, 0.3) is 0 Å². The summed E-state index contributed by atoms with van der Waals surface area (Å²) in [6.07, 6.45) is 6.75. The van der Waals surface area contributed by atoms with Gasteiger partial charge >= 0.3 is 0 Å². The van der Waals surface area contributed by atoms with Crippen LogP contribution in [0.25, 0.3) is 0 Å². The third-order valence-corrected chi connectivity index (χ3v) is 6.89. The molecule has 2 aliphatic heterocycles. The van der Waals surface area contributed by atoms with Crippen molar-refractivity contribution in [3.8, 4) is 0 Å². The number of nitrogens with two attached hydrogens (primary N) is 1. The van der Waals surface area contributed by atoms with Crippen LogP contribution in [0.5, 0.6) is 0 Å². The quantitative estimate of drug-likeness (QED) is 0.656. The summed E-state index contributed by atoms with van der Waals surface area (Å²) in [6.45, 7) is 3.68. The fraction of sp³-hybridized carbons (Fsp3) is 0.611. The Bertz CT molecular complexity index is 686. The predicted molar refractivity (Wildman–Crippen MR) is 99.8 cm³/mol. The summed E-state index contributed by atoms with van der Waals surface area (Å²) in [5.41, 5.74) is 7.09. The molecule has 2 N–H and O–H groups in total. The molecule has 0 unspecified atom stereocenters.